The number of amides is 1. The lowest BCUT2D eigenvalue weighted by atomic mass is 9.93. The number of anilines is 1. The van der Waals surface area contributed by atoms with Crippen molar-refractivity contribution in [2.75, 3.05) is 18.0 Å². The van der Waals surface area contributed by atoms with Gasteiger partial charge in [0.2, 0.25) is 5.91 Å². The van der Waals surface area contributed by atoms with Crippen molar-refractivity contribution in [3.05, 3.63) is 66.1 Å². The van der Waals surface area contributed by atoms with Crippen LogP contribution in [0.2, 0.25) is 5.02 Å². The molecule has 8 heteroatoms. The minimum Gasteiger partial charge on any atom is -0.370 e. The van der Waals surface area contributed by atoms with Crippen LogP contribution in [0.3, 0.4) is 0 Å². The quantitative estimate of drug-likeness (QED) is 0.495. The third-order valence-corrected chi connectivity index (χ3v) is 6.23. The van der Waals surface area contributed by atoms with Crippen molar-refractivity contribution in [2.24, 2.45) is 11.7 Å². The molecule has 0 atom stereocenters. The molecule has 1 aliphatic rings. The number of imidazole rings is 1. The van der Waals surface area contributed by atoms with Crippen LogP contribution < -0.4 is 10.6 Å². The highest BCUT2D eigenvalue weighted by molar-refractivity contribution is 6.30. The van der Waals surface area contributed by atoms with Gasteiger partial charge in [-0.1, -0.05) is 11.6 Å². The monoisotopic (exact) mass is 446 g/mol. The first-order valence-corrected chi connectivity index (χ1v) is 11.0. The van der Waals surface area contributed by atoms with Crippen molar-refractivity contribution in [3.8, 4) is 17.1 Å². The summed E-state index contributed by atoms with van der Waals surface area (Å²) in [6.45, 7) is 1.75. The lowest BCUT2D eigenvalue weighted by Crippen LogP contribution is -2.35. The second-order valence-corrected chi connectivity index (χ2v) is 8.55. The number of rotatable bonds is 5. The third-order valence-electron chi connectivity index (χ3n) is 5.98. The Labute approximate surface area is 190 Å². The van der Waals surface area contributed by atoms with Gasteiger partial charge in [-0.3, -0.25) is 14.3 Å². The Kier molecular flexibility index (Phi) is 5.49. The van der Waals surface area contributed by atoms with Gasteiger partial charge in [0.15, 0.2) is 0 Å². The zero-order valence-corrected chi connectivity index (χ0v) is 18.2. The molecule has 0 unspecified atom stereocenters. The summed E-state index contributed by atoms with van der Waals surface area (Å²) in [5.74, 6) is 1.89. The largest absolute Gasteiger partial charge is 0.370 e. The molecule has 3 aromatic heterocycles. The smallest absolute Gasteiger partial charge is 0.217 e. The number of hydrogen-bond donors (Lipinski definition) is 1. The maximum atomic E-state index is 11.2. The normalized spacial score (nSPS) is 14.7. The number of primary amides is 1. The summed E-state index contributed by atoms with van der Waals surface area (Å²) in [5, 5.41) is 0.684. The minimum absolute atomic E-state index is 0.218. The van der Waals surface area contributed by atoms with Crippen LogP contribution >= 0.6 is 11.6 Å². The number of piperidine rings is 1. The van der Waals surface area contributed by atoms with Gasteiger partial charge < -0.3 is 10.6 Å². The van der Waals surface area contributed by atoms with Crippen LogP contribution in [0.4, 0.5) is 5.82 Å². The molecule has 1 fully saturated rings. The van der Waals surface area contributed by atoms with E-state index in [2.05, 4.69) is 20.5 Å². The SMILES string of the molecule is NC(=O)CC1CCN(c2ccc(-c3nc4ccncc4n3-c3ccc(Cl)cc3)cn2)CC1. The Balaban J connectivity index is 1.44. The molecule has 1 aromatic carbocycles. The predicted molar refractivity (Wildman–Crippen MR) is 126 cm³/mol. The van der Waals surface area contributed by atoms with Gasteiger partial charge in [0.25, 0.3) is 0 Å². The van der Waals surface area contributed by atoms with Crippen LogP contribution in [0.15, 0.2) is 61.1 Å². The molecule has 0 bridgehead atoms. The van der Waals surface area contributed by atoms with Crippen LogP contribution in [0, 0.1) is 5.92 Å². The first-order chi connectivity index (χ1) is 15.6. The van der Waals surface area contributed by atoms with Gasteiger partial charge in [0.05, 0.1) is 17.2 Å². The van der Waals surface area contributed by atoms with Crippen LogP contribution in [-0.2, 0) is 4.79 Å². The Morgan fingerprint density at radius 3 is 2.53 bits per heavy atom. The van der Waals surface area contributed by atoms with Gasteiger partial charge in [0.1, 0.15) is 11.6 Å². The number of aromatic nitrogens is 4. The second-order valence-electron chi connectivity index (χ2n) is 8.12. The van der Waals surface area contributed by atoms with Crippen molar-refractivity contribution in [3.63, 3.8) is 0 Å². The summed E-state index contributed by atoms with van der Waals surface area (Å²) in [6.07, 6.45) is 7.80. The Morgan fingerprint density at radius 1 is 1.06 bits per heavy atom. The molecule has 0 saturated carbocycles. The molecule has 0 aliphatic carbocycles. The number of halogens is 1. The van der Waals surface area contributed by atoms with Crippen LogP contribution in [0.1, 0.15) is 19.3 Å². The first kappa shape index (κ1) is 20.5. The number of nitrogens with zero attached hydrogens (tertiary/aromatic N) is 5. The highest BCUT2D eigenvalue weighted by Crippen LogP contribution is 2.30. The average Bonchev–Trinajstić information content (AvgIpc) is 3.19. The highest BCUT2D eigenvalue weighted by atomic mass is 35.5. The molecule has 162 valence electrons. The van der Waals surface area contributed by atoms with E-state index in [9.17, 15) is 4.79 Å². The summed E-state index contributed by atoms with van der Waals surface area (Å²) in [7, 11) is 0. The van der Waals surface area contributed by atoms with Crippen molar-refractivity contribution in [2.45, 2.75) is 19.3 Å². The summed E-state index contributed by atoms with van der Waals surface area (Å²) >= 11 is 6.10. The fourth-order valence-electron chi connectivity index (χ4n) is 4.33. The number of hydrogen-bond acceptors (Lipinski definition) is 5. The third kappa shape index (κ3) is 4.03. The summed E-state index contributed by atoms with van der Waals surface area (Å²) in [6, 6.07) is 13.7. The molecular formula is C24H23ClN6O. The number of benzene rings is 1. The topological polar surface area (TPSA) is 89.9 Å². The van der Waals surface area contributed by atoms with Crippen molar-refractivity contribution in [1.29, 1.82) is 0 Å². The Bertz CT molecular complexity index is 1240. The van der Waals surface area contributed by atoms with Gasteiger partial charge in [-0.2, -0.15) is 0 Å². The first-order valence-electron chi connectivity index (χ1n) is 10.7. The molecule has 32 heavy (non-hydrogen) atoms. The van der Waals surface area contributed by atoms with E-state index in [1.807, 2.05) is 48.8 Å². The van der Waals surface area contributed by atoms with E-state index in [1.165, 1.54) is 0 Å². The van der Waals surface area contributed by atoms with Gasteiger partial charge in [-0.15, -0.1) is 0 Å². The minimum atomic E-state index is -0.218. The molecule has 4 aromatic rings. The maximum absolute atomic E-state index is 11.2. The standard InChI is InChI=1S/C24H23ClN6O/c25-18-2-4-19(5-3-18)31-21-15-27-10-7-20(21)29-24(31)17-1-6-23(28-14-17)30-11-8-16(9-12-30)13-22(26)32/h1-7,10,14-16H,8-9,11-13H2,(H2,26,32). The van der Waals surface area contributed by atoms with E-state index in [1.54, 1.807) is 6.20 Å². The van der Waals surface area contributed by atoms with Gasteiger partial charge in [0, 0.05) is 48.2 Å². The molecule has 5 rings (SSSR count). The van der Waals surface area contributed by atoms with E-state index in [4.69, 9.17) is 27.3 Å². The van der Waals surface area contributed by atoms with Crippen molar-refractivity contribution >= 4 is 34.4 Å². The summed E-state index contributed by atoms with van der Waals surface area (Å²) < 4.78 is 2.07. The van der Waals surface area contributed by atoms with Crippen molar-refractivity contribution in [1.82, 2.24) is 19.5 Å². The van der Waals surface area contributed by atoms with E-state index in [0.29, 0.717) is 17.4 Å². The number of nitrogens with two attached hydrogens (primary N) is 1. The van der Waals surface area contributed by atoms with Gasteiger partial charge in [-0.05, 0) is 61.2 Å². The average molecular weight is 447 g/mol. The highest BCUT2D eigenvalue weighted by Gasteiger charge is 2.22. The summed E-state index contributed by atoms with van der Waals surface area (Å²) in [4.78, 5) is 27.3. The second kappa shape index (κ2) is 8.59. The molecule has 4 heterocycles. The zero-order chi connectivity index (χ0) is 22.1. The lowest BCUT2D eigenvalue weighted by Gasteiger charge is -2.32. The molecule has 2 N–H and O–H groups in total. The van der Waals surface area contributed by atoms with E-state index >= 15 is 0 Å². The van der Waals surface area contributed by atoms with Crippen LogP contribution in [-0.4, -0.2) is 38.5 Å². The number of carbonyl (C=O) groups is 1. The Hall–Kier alpha value is -3.45. The Morgan fingerprint density at radius 2 is 1.84 bits per heavy atom. The van der Waals surface area contributed by atoms with E-state index in [-0.39, 0.29) is 5.91 Å². The van der Waals surface area contributed by atoms with Crippen LogP contribution in [0.5, 0.6) is 0 Å². The van der Waals surface area contributed by atoms with Gasteiger partial charge >= 0.3 is 0 Å². The molecule has 1 amide bonds. The number of pyridine rings is 2. The maximum Gasteiger partial charge on any atom is 0.217 e. The molecule has 0 radical (unpaired) electrons. The van der Waals surface area contributed by atoms with E-state index < -0.39 is 0 Å². The zero-order valence-electron chi connectivity index (χ0n) is 17.5. The van der Waals surface area contributed by atoms with Crippen LogP contribution in [0.25, 0.3) is 28.1 Å². The number of carbonyl (C=O) groups excluding carboxylic acids is 1. The molecule has 1 saturated heterocycles. The van der Waals surface area contributed by atoms with Gasteiger partial charge in [-0.25, -0.2) is 9.97 Å². The molecule has 7 nitrogen and oxygen atoms in total. The van der Waals surface area contributed by atoms with E-state index in [0.717, 1.165) is 59.9 Å². The predicted octanol–water partition coefficient (Wildman–Crippen LogP) is 4.23. The fraction of sp³-hybridized carbons (Fsp3) is 0.250. The summed E-state index contributed by atoms with van der Waals surface area (Å²) in [5.41, 5.74) is 9.01. The molecule has 0 spiro atoms. The van der Waals surface area contributed by atoms with Crippen molar-refractivity contribution < 1.29 is 4.79 Å². The fourth-order valence-corrected chi connectivity index (χ4v) is 4.45. The lowest BCUT2D eigenvalue weighted by molar-refractivity contribution is -0.119. The number of fused-ring (bicyclic) bond motifs is 1. The molecular weight excluding hydrogens is 424 g/mol. The molecule has 1 aliphatic heterocycles.